The van der Waals surface area contributed by atoms with Gasteiger partial charge in [0.1, 0.15) is 0 Å². The number of sulfonamides is 1. The molecule has 1 N–H and O–H groups in total. The van der Waals surface area contributed by atoms with E-state index in [1.807, 2.05) is 6.07 Å². The van der Waals surface area contributed by atoms with Crippen molar-refractivity contribution in [3.63, 3.8) is 0 Å². The summed E-state index contributed by atoms with van der Waals surface area (Å²) < 4.78 is 25.9. The monoisotopic (exact) mass is 270 g/mol. The molecule has 0 unspecified atom stereocenters. The molecule has 0 heterocycles. The highest BCUT2D eigenvalue weighted by molar-refractivity contribution is 7.92. The number of halogens is 1. The summed E-state index contributed by atoms with van der Waals surface area (Å²) in [5.74, 6) is 0.394. The number of nitriles is 1. The summed E-state index contributed by atoms with van der Waals surface area (Å²) in [7, 11) is -3.36. The van der Waals surface area contributed by atoms with Crippen molar-refractivity contribution >= 4 is 27.3 Å². The number of anilines is 1. The molecule has 0 aromatic heterocycles. The van der Waals surface area contributed by atoms with Gasteiger partial charge in [-0.2, -0.15) is 5.26 Å². The number of hydrogen-bond acceptors (Lipinski definition) is 3. The lowest BCUT2D eigenvalue weighted by atomic mass is 10.2. The van der Waals surface area contributed by atoms with Crippen molar-refractivity contribution in [2.75, 3.05) is 10.5 Å². The highest BCUT2D eigenvalue weighted by atomic mass is 35.5. The van der Waals surface area contributed by atoms with Crippen molar-refractivity contribution in [1.29, 1.82) is 5.26 Å². The van der Waals surface area contributed by atoms with Gasteiger partial charge >= 0.3 is 0 Å². The van der Waals surface area contributed by atoms with Gasteiger partial charge in [-0.25, -0.2) is 8.42 Å². The molecule has 0 spiro atoms. The first-order valence-corrected chi connectivity index (χ1v) is 7.23. The smallest absolute Gasteiger partial charge is 0.233 e. The fraction of sp³-hybridized carbons (Fsp3) is 0.364. The SMILES string of the molecule is N#Cc1ccc(Cl)c(NS(=O)(=O)CC2CC2)c1. The Bertz CT molecular complexity index is 574. The molecule has 1 aromatic rings. The van der Waals surface area contributed by atoms with Crippen molar-refractivity contribution < 1.29 is 8.42 Å². The van der Waals surface area contributed by atoms with Crippen LogP contribution in [0.15, 0.2) is 18.2 Å². The molecular formula is C11H11ClN2O2S. The highest BCUT2D eigenvalue weighted by Gasteiger charge is 2.28. The minimum atomic E-state index is -3.36. The Balaban J connectivity index is 2.19. The summed E-state index contributed by atoms with van der Waals surface area (Å²) in [6, 6.07) is 6.43. The molecule has 4 nitrogen and oxygen atoms in total. The highest BCUT2D eigenvalue weighted by Crippen LogP contribution is 2.31. The van der Waals surface area contributed by atoms with Gasteiger partial charge in [-0.3, -0.25) is 4.72 Å². The quantitative estimate of drug-likeness (QED) is 0.913. The number of rotatable bonds is 4. The third-order valence-electron chi connectivity index (χ3n) is 2.51. The summed E-state index contributed by atoms with van der Waals surface area (Å²) in [5, 5.41) is 9.03. The van der Waals surface area contributed by atoms with Gasteiger partial charge in [0.15, 0.2) is 0 Å². The van der Waals surface area contributed by atoms with E-state index < -0.39 is 10.0 Å². The Morgan fingerprint density at radius 3 is 2.76 bits per heavy atom. The van der Waals surface area contributed by atoms with Crippen molar-refractivity contribution in [2.45, 2.75) is 12.8 Å². The third-order valence-corrected chi connectivity index (χ3v) is 4.28. The lowest BCUT2D eigenvalue weighted by Crippen LogP contribution is -2.18. The second-order valence-electron chi connectivity index (χ2n) is 4.13. The molecule has 6 heteroatoms. The molecular weight excluding hydrogens is 260 g/mol. The van der Waals surface area contributed by atoms with E-state index >= 15 is 0 Å². The predicted molar refractivity (Wildman–Crippen MR) is 66.3 cm³/mol. The molecule has 1 aromatic carbocycles. The zero-order valence-electron chi connectivity index (χ0n) is 8.98. The molecule has 0 atom stereocenters. The molecule has 0 radical (unpaired) electrons. The van der Waals surface area contributed by atoms with Crippen LogP contribution in [0.2, 0.25) is 5.02 Å². The van der Waals surface area contributed by atoms with Crippen LogP contribution in [0.5, 0.6) is 0 Å². The Morgan fingerprint density at radius 2 is 2.18 bits per heavy atom. The molecule has 90 valence electrons. The molecule has 1 aliphatic carbocycles. The minimum absolute atomic E-state index is 0.125. The minimum Gasteiger partial charge on any atom is -0.282 e. The number of nitrogens with zero attached hydrogens (tertiary/aromatic N) is 1. The maximum Gasteiger partial charge on any atom is 0.233 e. The predicted octanol–water partition coefficient (Wildman–Crippen LogP) is 2.36. The van der Waals surface area contributed by atoms with Crippen LogP contribution in [-0.4, -0.2) is 14.2 Å². The van der Waals surface area contributed by atoms with Crippen LogP contribution in [0.25, 0.3) is 0 Å². The van der Waals surface area contributed by atoms with E-state index in [2.05, 4.69) is 4.72 Å². The zero-order valence-corrected chi connectivity index (χ0v) is 10.6. The molecule has 1 aliphatic rings. The van der Waals surface area contributed by atoms with E-state index in [1.165, 1.54) is 12.1 Å². The molecule has 1 fully saturated rings. The van der Waals surface area contributed by atoms with Crippen LogP contribution in [0.1, 0.15) is 18.4 Å². The lowest BCUT2D eigenvalue weighted by Gasteiger charge is -2.09. The lowest BCUT2D eigenvalue weighted by molar-refractivity contribution is 0.597. The fourth-order valence-corrected chi connectivity index (χ4v) is 3.24. The van der Waals surface area contributed by atoms with Gasteiger partial charge < -0.3 is 0 Å². The van der Waals surface area contributed by atoms with Gasteiger partial charge in [0, 0.05) is 0 Å². The van der Waals surface area contributed by atoms with E-state index in [0.717, 1.165) is 12.8 Å². The number of nitrogens with one attached hydrogen (secondary N) is 1. The Hall–Kier alpha value is -1.25. The van der Waals surface area contributed by atoms with Crippen LogP contribution in [0, 0.1) is 17.2 Å². The van der Waals surface area contributed by atoms with Crippen molar-refractivity contribution in [3.8, 4) is 6.07 Å². The standard InChI is InChI=1S/C11H11ClN2O2S/c12-10-4-3-9(6-13)5-11(10)14-17(15,16)7-8-1-2-8/h3-5,8,14H,1-2,7H2. The summed E-state index contributed by atoms with van der Waals surface area (Å²) in [6.45, 7) is 0. The molecule has 1 saturated carbocycles. The normalized spacial score (nSPS) is 15.3. The number of hydrogen-bond donors (Lipinski definition) is 1. The van der Waals surface area contributed by atoms with Crippen molar-refractivity contribution in [2.24, 2.45) is 5.92 Å². The Labute approximate surface area is 105 Å². The van der Waals surface area contributed by atoms with Gasteiger partial charge in [-0.05, 0) is 37.0 Å². The second-order valence-corrected chi connectivity index (χ2v) is 6.31. The maximum absolute atomic E-state index is 11.7. The van der Waals surface area contributed by atoms with Crippen LogP contribution in [-0.2, 0) is 10.0 Å². The summed E-state index contributed by atoms with van der Waals surface area (Å²) in [4.78, 5) is 0. The van der Waals surface area contributed by atoms with Crippen LogP contribution >= 0.6 is 11.6 Å². The van der Waals surface area contributed by atoms with E-state index in [4.69, 9.17) is 16.9 Å². The van der Waals surface area contributed by atoms with E-state index in [1.54, 1.807) is 6.07 Å². The van der Waals surface area contributed by atoms with Gasteiger partial charge in [0.2, 0.25) is 10.0 Å². The van der Waals surface area contributed by atoms with Gasteiger partial charge in [0.05, 0.1) is 28.1 Å². The van der Waals surface area contributed by atoms with Crippen LogP contribution < -0.4 is 4.72 Å². The fourth-order valence-electron chi connectivity index (χ4n) is 1.48. The molecule has 0 aliphatic heterocycles. The van der Waals surface area contributed by atoms with Gasteiger partial charge in [0.25, 0.3) is 0 Å². The molecule has 0 bridgehead atoms. The van der Waals surface area contributed by atoms with Crippen molar-refractivity contribution in [1.82, 2.24) is 0 Å². The van der Waals surface area contributed by atoms with E-state index in [9.17, 15) is 8.42 Å². The second kappa shape index (κ2) is 4.55. The first-order valence-electron chi connectivity index (χ1n) is 5.20. The first kappa shape index (κ1) is 12.2. The number of benzene rings is 1. The Morgan fingerprint density at radius 1 is 1.47 bits per heavy atom. The molecule has 2 rings (SSSR count). The largest absolute Gasteiger partial charge is 0.282 e. The summed E-state index contributed by atoms with van der Waals surface area (Å²) >= 11 is 5.88. The third kappa shape index (κ3) is 3.35. The van der Waals surface area contributed by atoms with Crippen LogP contribution in [0.3, 0.4) is 0 Å². The molecule has 0 amide bonds. The zero-order chi connectivity index (χ0) is 12.5. The first-order chi connectivity index (χ1) is 8.00. The molecule has 0 saturated heterocycles. The van der Waals surface area contributed by atoms with Gasteiger partial charge in [-0.15, -0.1) is 0 Å². The Kier molecular flexibility index (Phi) is 3.27. The van der Waals surface area contributed by atoms with Crippen LogP contribution in [0.4, 0.5) is 5.69 Å². The van der Waals surface area contributed by atoms with Crippen molar-refractivity contribution in [3.05, 3.63) is 28.8 Å². The summed E-state index contributed by atoms with van der Waals surface area (Å²) in [5.41, 5.74) is 0.643. The van der Waals surface area contributed by atoms with E-state index in [-0.39, 0.29) is 17.4 Å². The molecule has 17 heavy (non-hydrogen) atoms. The van der Waals surface area contributed by atoms with Gasteiger partial charge in [-0.1, -0.05) is 11.6 Å². The summed E-state index contributed by atoms with van der Waals surface area (Å²) in [6.07, 6.45) is 1.93. The average molecular weight is 271 g/mol. The average Bonchev–Trinajstić information content (AvgIpc) is 3.04. The van der Waals surface area contributed by atoms with E-state index in [0.29, 0.717) is 10.6 Å². The maximum atomic E-state index is 11.7. The topological polar surface area (TPSA) is 70.0 Å².